The summed E-state index contributed by atoms with van der Waals surface area (Å²) in [6.07, 6.45) is 2.45. The number of carbonyl (C=O) groups is 4. The zero-order chi connectivity index (χ0) is 44.6. The average molecular weight is 853 g/mol. The van der Waals surface area contributed by atoms with Crippen LogP contribution in [-0.4, -0.2) is 41.1 Å². The summed E-state index contributed by atoms with van der Waals surface area (Å²) in [6, 6.07) is 41.0. The minimum Gasteiger partial charge on any atom is -0.463 e. The smallest absolute Gasteiger partial charge is 0.412 e. The molecule has 2 atom stereocenters. The lowest BCUT2D eigenvalue weighted by Crippen LogP contribution is -2.48. The predicted octanol–water partition coefficient (Wildman–Crippen LogP) is 8.15. The molecule has 1 heterocycles. The fraction of sp³-hybridized carbons (Fsp3) is 0.180. The molecule has 0 saturated heterocycles. The molecule has 5 aromatic carbocycles. The van der Waals surface area contributed by atoms with Gasteiger partial charge in [0.25, 0.3) is 5.56 Å². The SMILES string of the molecule is CCOC(=O)/C=C/[C@H](CCC(=O)NC(c1ccccc1)(c1ccccc1)c1ccccc1)NC(=O)[C@H](Cc1ccc(F)c(F)c1)n1cccc(NC(=O)OCc2ccccc2)c1=O. The molecule has 0 aliphatic carbocycles. The summed E-state index contributed by atoms with van der Waals surface area (Å²) >= 11 is 0. The van der Waals surface area contributed by atoms with Crippen LogP contribution in [0.4, 0.5) is 19.3 Å². The van der Waals surface area contributed by atoms with Crippen LogP contribution in [0.15, 0.2) is 175 Å². The van der Waals surface area contributed by atoms with E-state index < -0.39 is 52.8 Å². The highest BCUT2D eigenvalue weighted by Gasteiger charge is 2.38. The Morgan fingerprint density at radius 3 is 1.87 bits per heavy atom. The van der Waals surface area contributed by atoms with Crippen molar-refractivity contribution in [3.63, 3.8) is 0 Å². The molecule has 6 rings (SSSR count). The van der Waals surface area contributed by atoms with Crippen LogP contribution in [-0.2, 0) is 42.4 Å². The molecule has 63 heavy (non-hydrogen) atoms. The third-order valence-corrected chi connectivity index (χ3v) is 10.2. The zero-order valence-electron chi connectivity index (χ0n) is 34.4. The van der Waals surface area contributed by atoms with Crippen LogP contribution in [0.5, 0.6) is 0 Å². The number of anilines is 1. The van der Waals surface area contributed by atoms with Crippen molar-refractivity contribution < 1.29 is 37.4 Å². The molecule has 0 bridgehead atoms. The maximum atomic E-state index is 14.5. The van der Waals surface area contributed by atoms with Gasteiger partial charge in [-0.25, -0.2) is 18.4 Å². The number of esters is 1. The summed E-state index contributed by atoms with van der Waals surface area (Å²) in [5.41, 5.74) is 1.16. The van der Waals surface area contributed by atoms with Crippen molar-refractivity contribution in [3.8, 4) is 0 Å². The van der Waals surface area contributed by atoms with Crippen molar-refractivity contribution in [2.45, 2.75) is 50.4 Å². The summed E-state index contributed by atoms with van der Waals surface area (Å²) in [5.74, 6) is -4.10. The Hall–Kier alpha value is -7.67. The molecule has 3 amide bonds. The lowest BCUT2D eigenvalue weighted by Gasteiger charge is -2.37. The Balaban J connectivity index is 1.29. The van der Waals surface area contributed by atoms with E-state index in [2.05, 4.69) is 16.0 Å². The van der Waals surface area contributed by atoms with Crippen LogP contribution in [0.3, 0.4) is 0 Å². The van der Waals surface area contributed by atoms with Crippen LogP contribution in [0.1, 0.15) is 53.6 Å². The number of aromatic nitrogens is 1. The standard InChI is InChI=1S/C50H46F2N4O7/c1-2-62-46(58)30-27-40(26-29-45(57)55-50(37-18-9-4-10-19-37,38-20-11-5-12-21-38)39-22-13-6-14-23-39)53-47(59)44(33-36-25-28-41(51)42(52)32-36)56-31-15-24-43(48(56)60)54-49(61)63-34-35-16-7-3-8-17-35/h3-25,27-28,30-32,40,44H,2,26,29,33-34H2,1H3,(H,53,59)(H,54,61)(H,55,57)/b30-27+/t40-,44-/m0/s1. The summed E-state index contributed by atoms with van der Waals surface area (Å²) in [4.78, 5) is 68.0. The van der Waals surface area contributed by atoms with Gasteiger partial charge in [-0.2, -0.15) is 0 Å². The first kappa shape index (κ1) is 44.9. The van der Waals surface area contributed by atoms with Crippen molar-refractivity contribution in [2.24, 2.45) is 0 Å². The highest BCUT2D eigenvalue weighted by Crippen LogP contribution is 2.37. The largest absolute Gasteiger partial charge is 0.463 e. The van der Waals surface area contributed by atoms with Gasteiger partial charge in [-0.05, 0) is 65.4 Å². The van der Waals surface area contributed by atoms with Gasteiger partial charge in [-0.1, -0.05) is 133 Å². The van der Waals surface area contributed by atoms with Gasteiger partial charge in [-0.15, -0.1) is 0 Å². The quantitative estimate of drug-likeness (QED) is 0.0450. The Bertz CT molecular complexity index is 2480. The maximum Gasteiger partial charge on any atom is 0.412 e. The van der Waals surface area contributed by atoms with Gasteiger partial charge >= 0.3 is 12.1 Å². The fourth-order valence-electron chi connectivity index (χ4n) is 7.15. The maximum absolute atomic E-state index is 14.5. The Labute approximate surface area is 363 Å². The number of amides is 3. The van der Waals surface area contributed by atoms with Gasteiger partial charge in [0.2, 0.25) is 11.8 Å². The number of hydrogen-bond donors (Lipinski definition) is 3. The van der Waals surface area contributed by atoms with Gasteiger partial charge in [0.1, 0.15) is 23.9 Å². The van der Waals surface area contributed by atoms with Crippen LogP contribution < -0.4 is 21.5 Å². The number of pyridine rings is 1. The molecule has 0 radical (unpaired) electrons. The molecule has 6 aromatic rings. The molecule has 13 heteroatoms. The molecule has 3 N–H and O–H groups in total. The molecule has 0 spiro atoms. The Kier molecular flexibility index (Phi) is 15.5. The van der Waals surface area contributed by atoms with Gasteiger partial charge in [0.05, 0.1) is 6.61 Å². The molecule has 0 aliphatic rings. The molecule has 0 unspecified atom stereocenters. The van der Waals surface area contributed by atoms with E-state index in [1.165, 1.54) is 30.5 Å². The number of halogens is 2. The molecular weight excluding hydrogens is 807 g/mol. The summed E-state index contributed by atoms with van der Waals surface area (Å²) in [6.45, 7) is 1.66. The first-order chi connectivity index (χ1) is 30.6. The number of ether oxygens (including phenoxy) is 2. The number of benzene rings is 5. The van der Waals surface area contributed by atoms with Crippen LogP contribution in [0.25, 0.3) is 0 Å². The molecule has 322 valence electrons. The van der Waals surface area contributed by atoms with Gasteiger partial charge in [0, 0.05) is 31.2 Å². The van der Waals surface area contributed by atoms with E-state index >= 15 is 0 Å². The minimum atomic E-state index is -1.40. The van der Waals surface area contributed by atoms with E-state index in [0.29, 0.717) is 5.56 Å². The van der Waals surface area contributed by atoms with Crippen molar-refractivity contribution in [1.82, 2.24) is 15.2 Å². The second-order valence-electron chi connectivity index (χ2n) is 14.5. The fourth-order valence-corrected chi connectivity index (χ4v) is 7.15. The first-order valence-corrected chi connectivity index (χ1v) is 20.3. The van der Waals surface area contributed by atoms with E-state index in [1.807, 2.05) is 97.1 Å². The van der Waals surface area contributed by atoms with E-state index in [-0.39, 0.29) is 49.6 Å². The summed E-state index contributed by atoms with van der Waals surface area (Å²) < 4.78 is 39.9. The van der Waals surface area contributed by atoms with Gasteiger partial charge < -0.3 is 24.7 Å². The molecule has 0 aliphatic heterocycles. The first-order valence-electron chi connectivity index (χ1n) is 20.3. The average Bonchev–Trinajstić information content (AvgIpc) is 3.31. The third-order valence-electron chi connectivity index (χ3n) is 10.2. The molecule has 0 saturated carbocycles. The highest BCUT2D eigenvalue weighted by atomic mass is 19.2. The second kappa shape index (κ2) is 21.7. The second-order valence-corrected chi connectivity index (χ2v) is 14.5. The van der Waals surface area contributed by atoms with Crippen molar-refractivity contribution >= 4 is 29.6 Å². The third kappa shape index (κ3) is 11.8. The zero-order valence-corrected chi connectivity index (χ0v) is 34.4. The molecular formula is C50H46F2N4O7. The highest BCUT2D eigenvalue weighted by molar-refractivity contribution is 5.85. The lowest BCUT2D eigenvalue weighted by atomic mass is 9.77. The predicted molar refractivity (Wildman–Crippen MR) is 234 cm³/mol. The Morgan fingerprint density at radius 2 is 1.30 bits per heavy atom. The number of hydrogen-bond acceptors (Lipinski definition) is 7. The molecule has 1 aromatic heterocycles. The van der Waals surface area contributed by atoms with Crippen molar-refractivity contribution in [2.75, 3.05) is 11.9 Å². The van der Waals surface area contributed by atoms with E-state index in [0.717, 1.165) is 39.5 Å². The van der Waals surface area contributed by atoms with Gasteiger partial charge in [0.15, 0.2) is 11.6 Å². The van der Waals surface area contributed by atoms with E-state index in [9.17, 15) is 32.8 Å². The van der Waals surface area contributed by atoms with Crippen LogP contribution >= 0.6 is 0 Å². The molecule has 0 fully saturated rings. The lowest BCUT2D eigenvalue weighted by molar-refractivity contribution is -0.137. The van der Waals surface area contributed by atoms with E-state index in [1.54, 1.807) is 31.2 Å². The van der Waals surface area contributed by atoms with Crippen LogP contribution in [0, 0.1) is 11.6 Å². The topological polar surface area (TPSA) is 145 Å². The van der Waals surface area contributed by atoms with Crippen molar-refractivity contribution in [3.05, 3.63) is 220 Å². The number of nitrogens with one attached hydrogen (secondary N) is 3. The minimum absolute atomic E-state index is 0.0242. The number of rotatable bonds is 18. The summed E-state index contributed by atoms with van der Waals surface area (Å²) in [7, 11) is 0. The Morgan fingerprint density at radius 1 is 0.714 bits per heavy atom. The monoisotopic (exact) mass is 852 g/mol. The van der Waals surface area contributed by atoms with E-state index in [4.69, 9.17) is 9.47 Å². The van der Waals surface area contributed by atoms with Crippen molar-refractivity contribution in [1.29, 1.82) is 0 Å². The van der Waals surface area contributed by atoms with Gasteiger partial charge in [-0.3, -0.25) is 19.7 Å². The summed E-state index contributed by atoms with van der Waals surface area (Å²) in [5, 5.41) is 8.56. The normalized spacial score (nSPS) is 12.2. The molecule has 11 nitrogen and oxygen atoms in total. The number of nitrogens with zero attached hydrogens (tertiary/aromatic N) is 1. The van der Waals surface area contributed by atoms with Crippen LogP contribution in [0.2, 0.25) is 0 Å². The number of carbonyl (C=O) groups excluding carboxylic acids is 4.